The van der Waals surface area contributed by atoms with Gasteiger partial charge in [0, 0.05) is 6.04 Å². The maximum absolute atomic E-state index is 5.86. The summed E-state index contributed by atoms with van der Waals surface area (Å²) >= 11 is 0. The summed E-state index contributed by atoms with van der Waals surface area (Å²) in [6.45, 7) is 4.75. The molecule has 14 heavy (non-hydrogen) atoms. The molecule has 0 unspecified atom stereocenters. The SMILES string of the molecule is CC[C@H](N)[C@H](C)OCc1ccccc1. The van der Waals surface area contributed by atoms with E-state index < -0.39 is 0 Å². The molecule has 0 aromatic heterocycles. The van der Waals surface area contributed by atoms with Crippen molar-refractivity contribution in [3.63, 3.8) is 0 Å². The molecular weight excluding hydrogens is 174 g/mol. The predicted octanol–water partition coefficient (Wildman–Crippen LogP) is 2.33. The highest BCUT2D eigenvalue weighted by Gasteiger charge is 2.10. The fourth-order valence-electron chi connectivity index (χ4n) is 1.26. The van der Waals surface area contributed by atoms with Crippen LogP contribution in [0, 0.1) is 0 Å². The van der Waals surface area contributed by atoms with Crippen molar-refractivity contribution < 1.29 is 4.74 Å². The van der Waals surface area contributed by atoms with E-state index in [1.54, 1.807) is 0 Å². The highest BCUT2D eigenvalue weighted by atomic mass is 16.5. The van der Waals surface area contributed by atoms with Crippen molar-refractivity contribution in [2.75, 3.05) is 0 Å². The van der Waals surface area contributed by atoms with E-state index in [-0.39, 0.29) is 12.1 Å². The van der Waals surface area contributed by atoms with Crippen LogP contribution >= 0.6 is 0 Å². The first-order valence-corrected chi connectivity index (χ1v) is 5.15. The summed E-state index contributed by atoms with van der Waals surface area (Å²) in [5.41, 5.74) is 7.05. The minimum atomic E-state index is 0.125. The Morgan fingerprint density at radius 2 is 1.93 bits per heavy atom. The lowest BCUT2D eigenvalue weighted by Crippen LogP contribution is -2.33. The van der Waals surface area contributed by atoms with Gasteiger partial charge in [0.2, 0.25) is 0 Å². The molecule has 0 aliphatic heterocycles. The second-order valence-electron chi connectivity index (χ2n) is 3.57. The molecule has 0 bridgehead atoms. The van der Waals surface area contributed by atoms with E-state index in [0.717, 1.165) is 6.42 Å². The number of benzene rings is 1. The monoisotopic (exact) mass is 193 g/mol. The van der Waals surface area contributed by atoms with Crippen LogP contribution in [0.5, 0.6) is 0 Å². The molecule has 2 N–H and O–H groups in total. The van der Waals surface area contributed by atoms with Gasteiger partial charge in [-0.15, -0.1) is 0 Å². The summed E-state index contributed by atoms with van der Waals surface area (Å²) in [5.74, 6) is 0. The summed E-state index contributed by atoms with van der Waals surface area (Å²) in [6.07, 6.45) is 1.08. The Labute approximate surface area is 86.1 Å². The van der Waals surface area contributed by atoms with Crippen molar-refractivity contribution in [1.29, 1.82) is 0 Å². The minimum absolute atomic E-state index is 0.125. The molecule has 78 valence electrons. The fourth-order valence-corrected chi connectivity index (χ4v) is 1.26. The van der Waals surface area contributed by atoms with E-state index in [1.165, 1.54) is 5.56 Å². The summed E-state index contributed by atoms with van der Waals surface area (Å²) < 4.78 is 5.66. The molecular formula is C12H19NO. The average molecular weight is 193 g/mol. The summed E-state index contributed by atoms with van der Waals surface area (Å²) in [4.78, 5) is 0. The standard InChI is InChI=1S/C12H19NO/c1-3-12(13)10(2)14-9-11-7-5-4-6-8-11/h4-8,10,12H,3,9,13H2,1-2H3/t10-,12-/m0/s1. The van der Waals surface area contributed by atoms with Crippen LogP contribution in [0.3, 0.4) is 0 Å². The van der Waals surface area contributed by atoms with Crippen LogP contribution in [0.1, 0.15) is 25.8 Å². The van der Waals surface area contributed by atoms with Crippen LogP contribution in [0.15, 0.2) is 30.3 Å². The van der Waals surface area contributed by atoms with E-state index in [9.17, 15) is 0 Å². The molecule has 2 nitrogen and oxygen atoms in total. The maximum Gasteiger partial charge on any atom is 0.0721 e. The Bertz CT molecular complexity index is 248. The lowest BCUT2D eigenvalue weighted by molar-refractivity contribution is 0.0353. The molecule has 1 aromatic carbocycles. The number of hydrogen-bond acceptors (Lipinski definition) is 2. The second-order valence-corrected chi connectivity index (χ2v) is 3.57. The molecule has 1 aromatic rings. The van der Waals surface area contributed by atoms with Gasteiger partial charge in [-0.05, 0) is 18.9 Å². The highest BCUT2D eigenvalue weighted by Crippen LogP contribution is 2.06. The van der Waals surface area contributed by atoms with E-state index in [2.05, 4.69) is 19.1 Å². The molecule has 1 rings (SSSR count). The Hall–Kier alpha value is -0.860. The molecule has 2 atom stereocenters. The van der Waals surface area contributed by atoms with Gasteiger partial charge < -0.3 is 10.5 Å². The van der Waals surface area contributed by atoms with Gasteiger partial charge >= 0.3 is 0 Å². The first kappa shape index (κ1) is 11.2. The van der Waals surface area contributed by atoms with Gasteiger partial charge in [-0.2, -0.15) is 0 Å². The molecule has 2 heteroatoms. The van der Waals surface area contributed by atoms with Crippen LogP contribution < -0.4 is 5.73 Å². The van der Waals surface area contributed by atoms with Crippen LogP contribution in [-0.2, 0) is 11.3 Å². The van der Waals surface area contributed by atoms with Crippen molar-refractivity contribution in [2.24, 2.45) is 5.73 Å². The number of rotatable bonds is 5. The number of hydrogen-bond donors (Lipinski definition) is 1. The van der Waals surface area contributed by atoms with Crippen molar-refractivity contribution in [1.82, 2.24) is 0 Å². The third-order valence-electron chi connectivity index (χ3n) is 2.43. The number of nitrogens with two attached hydrogens (primary N) is 1. The molecule has 0 saturated heterocycles. The van der Waals surface area contributed by atoms with Crippen molar-refractivity contribution in [3.8, 4) is 0 Å². The maximum atomic E-state index is 5.86. The van der Waals surface area contributed by atoms with Crippen LogP contribution in [0.2, 0.25) is 0 Å². The third kappa shape index (κ3) is 3.48. The Morgan fingerprint density at radius 3 is 2.50 bits per heavy atom. The minimum Gasteiger partial charge on any atom is -0.372 e. The third-order valence-corrected chi connectivity index (χ3v) is 2.43. The van der Waals surface area contributed by atoms with Crippen molar-refractivity contribution >= 4 is 0 Å². The molecule has 0 heterocycles. The second kappa shape index (κ2) is 5.78. The molecule has 0 aliphatic rings. The molecule has 0 aliphatic carbocycles. The molecule has 0 saturated carbocycles. The highest BCUT2D eigenvalue weighted by molar-refractivity contribution is 5.13. The lowest BCUT2D eigenvalue weighted by atomic mass is 10.1. The van der Waals surface area contributed by atoms with Crippen LogP contribution in [-0.4, -0.2) is 12.1 Å². The normalized spacial score (nSPS) is 15.1. The molecule has 0 fully saturated rings. The topological polar surface area (TPSA) is 35.2 Å². The van der Waals surface area contributed by atoms with Gasteiger partial charge in [-0.1, -0.05) is 37.3 Å². The number of ether oxygens (including phenoxy) is 1. The first-order valence-electron chi connectivity index (χ1n) is 5.15. The average Bonchev–Trinajstić information content (AvgIpc) is 2.26. The van der Waals surface area contributed by atoms with Gasteiger partial charge in [-0.25, -0.2) is 0 Å². The summed E-state index contributed by atoms with van der Waals surface area (Å²) in [7, 11) is 0. The van der Waals surface area contributed by atoms with Crippen LogP contribution in [0.25, 0.3) is 0 Å². The van der Waals surface area contributed by atoms with E-state index in [4.69, 9.17) is 10.5 Å². The Balaban J connectivity index is 2.34. The van der Waals surface area contributed by atoms with Gasteiger partial charge in [0.15, 0.2) is 0 Å². The van der Waals surface area contributed by atoms with E-state index in [0.29, 0.717) is 6.61 Å². The molecule has 0 radical (unpaired) electrons. The Kier molecular flexibility index (Phi) is 4.63. The zero-order chi connectivity index (χ0) is 10.4. The smallest absolute Gasteiger partial charge is 0.0721 e. The van der Waals surface area contributed by atoms with E-state index in [1.807, 2.05) is 25.1 Å². The quantitative estimate of drug-likeness (QED) is 0.779. The Morgan fingerprint density at radius 1 is 1.29 bits per heavy atom. The fraction of sp³-hybridized carbons (Fsp3) is 0.500. The molecule has 0 amide bonds. The van der Waals surface area contributed by atoms with Gasteiger partial charge in [0.25, 0.3) is 0 Å². The van der Waals surface area contributed by atoms with Gasteiger partial charge in [0.1, 0.15) is 0 Å². The largest absolute Gasteiger partial charge is 0.372 e. The van der Waals surface area contributed by atoms with Crippen molar-refractivity contribution in [3.05, 3.63) is 35.9 Å². The zero-order valence-electron chi connectivity index (χ0n) is 8.94. The zero-order valence-corrected chi connectivity index (χ0v) is 8.94. The first-order chi connectivity index (χ1) is 6.74. The van der Waals surface area contributed by atoms with Gasteiger partial charge in [0.05, 0.1) is 12.7 Å². The molecule has 0 spiro atoms. The van der Waals surface area contributed by atoms with Crippen LogP contribution in [0.4, 0.5) is 0 Å². The summed E-state index contributed by atoms with van der Waals surface area (Å²) in [6, 6.07) is 10.3. The van der Waals surface area contributed by atoms with E-state index >= 15 is 0 Å². The van der Waals surface area contributed by atoms with Gasteiger partial charge in [-0.3, -0.25) is 0 Å². The lowest BCUT2D eigenvalue weighted by Gasteiger charge is -2.18. The summed E-state index contributed by atoms with van der Waals surface area (Å²) in [5, 5.41) is 0. The predicted molar refractivity (Wildman–Crippen MR) is 59.0 cm³/mol. The van der Waals surface area contributed by atoms with Crippen molar-refractivity contribution in [2.45, 2.75) is 39.0 Å².